The number of rotatable bonds is 4. The third-order valence-electron chi connectivity index (χ3n) is 2.88. The summed E-state index contributed by atoms with van der Waals surface area (Å²) in [6.45, 7) is 1.79. The van der Waals surface area contributed by atoms with Crippen molar-refractivity contribution in [1.82, 2.24) is 9.47 Å². The Kier molecular flexibility index (Phi) is 3.87. The van der Waals surface area contributed by atoms with E-state index in [4.69, 9.17) is 11.6 Å². The lowest BCUT2D eigenvalue weighted by Gasteiger charge is -2.17. The fourth-order valence-electron chi connectivity index (χ4n) is 1.91. The van der Waals surface area contributed by atoms with Crippen LogP contribution in [0.3, 0.4) is 0 Å². The van der Waals surface area contributed by atoms with E-state index in [1.807, 2.05) is 18.2 Å². The van der Waals surface area contributed by atoms with Crippen molar-refractivity contribution in [2.75, 3.05) is 7.05 Å². The predicted octanol–water partition coefficient (Wildman–Crippen LogP) is 3.31. The van der Waals surface area contributed by atoms with Gasteiger partial charge in [0.25, 0.3) is 0 Å². The summed E-state index contributed by atoms with van der Waals surface area (Å²) in [5.74, 6) is 0. The van der Waals surface area contributed by atoms with Crippen molar-refractivity contribution in [3.63, 3.8) is 0 Å². The maximum absolute atomic E-state index is 6.15. The Labute approximate surface area is 107 Å². The van der Waals surface area contributed by atoms with Gasteiger partial charge in [-0.25, -0.2) is 0 Å². The van der Waals surface area contributed by atoms with Crippen molar-refractivity contribution >= 4 is 11.6 Å². The van der Waals surface area contributed by atoms with Gasteiger partial charge in [-0.3, -0.25) is 4.90 Å². The minimum atomic E-state index is 0.839. The molecule has 0 unspecified atom stereocenters. The molecule has 2 rings (SSSR count). The second-order valence-corrected chi connectivity index (χ2v) is 4.78. The van der Waals surface area contributed by atoms with Gasteiger partial charge >= 0.3 is 0 Å². The molecule has 0 fully saturated rings. The minimum absolute atomic E-state index is 0.839. The Morgan fingerprint density at radius 2 is 1.88 bits per heavy atom. The molecule has 0 amide bonds. The van der Waals surface area contributed by atoms with E-state index < -0.39 is 0 Å². The van der Waals surface area contributed by atoms with Gasteiger partial charge in [-0.2, -0.15) is 0 Å². The molecule has 0 N–H and O–H groups in total. The molecule has 0 aliphatic rings. The summed E-state index contributed by atoms with van der Waals surface area (Å²) in [5.41, 5.74) is 2.48. The normalized spacial score (nSPS) is 11.1. The molecule has 1 heterocycles. The standard InChI is InChI=1S/C14H17ClN2/c1-16(11-13-7-5-9-17(13)2)10-12-6-3-4-8-14(12)15/h3-9H,10-11H2,1-2H3. The van der Waals surface area contributed by atoms with Crippen LogP contribution in [-0.4, -0.2) is 16.5 Å². The molecule has 3 heteroatoms. The third kappa shape index (κ3) is 3.11. The first-order valence-electron chi connectivity index (χ1n) is 5.69. The van der Waals surface area contributed by atoms with Crippen molar-refractivity contribution in [3.05, 3.63) is 58.9 Å². The monoisotopic (exact) mass is 248 g/mol. The highest BCUT2D eigenvalue weighted by Crippen LogP contribution is 2.17. The predicted molar refractivity (Wildman–Crippen MR) is 72.0 cm³/mol. The average Bonchev–Trinajstić information content (AvgIpc) is 2.68. The maximum Gasteiger partial charge on any atom is 0.0451 e. The molecule has 2 aromatic rings. The number of benzene rings is 1. The summed E-state index contributed by atoms with van der Waals surface area (Å²) in [7, 11) is 4.18. The first-order valence-corrected chi connectivity index (χ1v) is 6.07. The number of hydrogen-bond donors (Lipinski definition) is 0. The van der Waals surface area contributed by atoms with Crippen LogP contribution >= 0.6 is 11.6 Å². The summed E-state index contributed by atoms with van der Waals surface area (Å²) < 4.78 is 2.14. The molecule has 0 aliphatic heterocycles. The molecule has 2 nitrogen and oxygen atoms in total. The van der Waals surface area contributed by atoms with E-state index in [0.29, 0.717) is 0 Å². The van der Waals surface area contributed by atoms with Gasteiger partial charge in [0, 0.05) is 37.1 Å². The van der Waals surface area contributed by atoms with Crippen molar-refractivity contribution in [3.8, 4) is 0 Å². The number of aryl methyl sites for hydroxylation is 1. The summed E-state index contributed by atoms with van der Waals surface area (Å²) in [5, 5.41) is 0.839. The van der Waals surface area contributed by atoms with Crippen molar-refractivity contribution in [1.29, 1.82) is 0 Å². The second-order valence-electron chi connectivity index (χ2n) is 4.37. The summed E-state index contributed by atoms with van der Waals surface area (Å²) in [4.78, 5) is 2.26. The first kappa shape index (κ1) is 12.2. The average molecular weight is 249 g/mol. The van der Waals surface area contributed by atoms with Gasteiger partial charge in [0.05, 0.1) is 0 Å². The van der Waals surface area contributed by atoms with Crippen LogP contribution in [0.4, 0.5) is 0 Å². The number of aromatic nitrogens is 1. The molecular formula is C14H17ClN2. The maximum atomic E-state index is 6.15. The molecule has 0 atom stereocenters. The SMILES string of the molecule is CN(Cc1ccccc1Cl)Cc1cccn1C. The fraction of sp³-hybridized carbons (Fsp3) is 0.286. The van der Waals surface area contributed by atoms with E-state index >= 15 is 0 Å². The molecule has 0 spiro atoms. The number of nitrogens with zero attached hydrogens (tertiary/aromatic N) is 2. The van der Waals surface area contributed by atoms with Crippen LogP contribution in [0.15, 0.2) is 42.6 Å². The van der Waals surface area contributed by atoms with Crippen molar-refractivity contribution in [2.45, 2.75) is 13.1 Å². The summed E-state index contributed by atoms with van der Waals surface area (Å²) >= 11 is 6.15. The van der Waals surface area contributed by atoms with Crippen LogP contribution < -0.4 is 0 Å². The largest absolute Gasteiger partial charge is 0.353 e. The Bertz CT molecular complexity index is 490. The smallest absolute Gasteiger partial charge is 0.0451 e. The Morgan fingerprint density at radius 1 is 1.12 bits per heavy atom. The highest BCUT2D eigenvalue weighted by atomic mass is 35.5. The zero-order valence-electron chi connectivity index (χ0n) is 10.2. The Morgan fingerprint density at radius 3 is 2.53 bits per heavy atom. The highest BCUT2D eigenvalue weighted by Gasteiger charge is 2.06. The molecule has 1 aromatic heterocycles. The molecule has 0 aliphatic carbocycles. The Balaban J connectivity index is 2.01. The van der Waals surface area contributed by atoms with Gasteiger partial charge in [-0.1, -0.05) is 29.8 Å². The van der Waals surface area contributed by atoms with E-state index in [0.717, 1.165) is 18.1 Å². The quantitative estimate of drug-likeness (QED) is 0.806. The van der Waals surface area contributed by atoms with E-state index in [1.165, 1.54) is 11.3 Å². The van der Waals surface area contributed by atoms with Gasteiger partial charge in [-0.05, 0) is 30.8 Å². The van der Waals surface area contributed by atoms with Crippen LogP contribution in [0.1, 0.15) is 11.3 Å². The van der Waals surface area contributed by atoms with Crippen LogP contribution in [-0.2, 0) is 20.1 Å². The van der Waals surface area contributed by atoms with E-state index in [-0.39, 0.29) is 0 Å². The molecular weight excluding hydrogens is 232 g/mol. The molecule has 1 aromatic carbocycles. The molecule has 0 saturated heterocycles. The van der Waals surface area contributed by atoms with Gasteiger partial charge in [0.15, 0.2) is 0 Å². The molecule has 0 bridgehead atoms. The van der Waals surface area contributed by atoms with E-state index in [1.54, 1.807) is 0 Å². The van der Waals surface area contributed by atoms with Gasteiger partial charge in [0.2, 0.25) is 0 Å². The molecule has 0 radical (unpaired) electrons. The fourth-order valence-corrected chi connectivity index (χ4v) is 2.11. The van der Waals surface area contributed by atoms with Crippen LogP contribution in [0.25, 0.3) is 0 Å². The lowest BCUT2D eigenvalue weighted by Crippen LogP contribution is -2.18. The van der Waals surface area contributed by atoms with Gasteiger partial charge < -0.3 is 4.57 Å². The Hall–Kier alpha value is -1.25. The first-order chi connectivity index (χ1) is 8.16. The van der Waals surface area contributed by atoms with Crippen molar-refractivity contribution in [2.24, 2.45) is 7.05 Å². The van der Waals surface area contributed by atoms with E-state index in [9.17, 15) is 0 Å². The van der Waals surface area contributed by atoms with Crippen molar-refractivity contribution < 1.29 is 0 Å². The lowest BCUT2D eigenvalue weighted by atomic mass is 10.2. The molecule has 0 saturated carbocycles. The third-order valence-corrected chi connectivity index (χ3v) is 3.25. The summed E-state index contributed by atoms with van der Waals surface area (Å²) in [6, 6.07) is 12.2. The van der Waals surface area contributed by atoms with Crippen LogP contribution in [0, 0.1) is 0 Å². The zero-order chi connectivity index (χ0) is 12.3. The zero-order valence-corrected chi connectivity index (χ0v) is 11.0. The van der Waals surface area contributed by atoms with E-state index in [2.05, 4.69) is 48.0 Å². The molecule has 90 valence electrons. The second kappa shape index (κ2) is 5.39. The van der Waals surface area contributed by atoms with Crippen LogP contribution in [0.5, 0.6) is 0 Å². The van der Waals surface area contributed by atoms with Gasteiger partial charge in [0.1, 0.15) is 0 Å². The topological polar surface area (TPSA) is 8.17 Å². The number of halogens is 1. The minimum Gasteiger partial charge on any atom is -0.353 e. The summed E-state index contributed by atoms with van der Waals surface area (Å²) in [6.07, 6.45) is 2.07. The highest BCUT2D eigenvalue weighted by molar-refractivity contribution is 6.31. The number of hydrogen-bond acceptors (Lipinski definition) is 1. The van der Waals surface area contributed by atoms with Gasteiger partial charge in [-0.15, -0.1) is 0 Å². The molecule has 17 heavy (non-hydrogen) atoms. The van der Waals surface area contributed by atoms with Crippen LogP contribution in [0.2, 0.25) is 5.02 Å². The lowest BCUT2D eigenvalue weighted by molar-refractivity contribution is 0.311.